The SMILES string of the molecule is CCCCC(NC(=O)O)[C@@H](O)CNS(=O)(=O)c1ccccn1. The van der Waals surface area contributed by atoms with Crippen molar-refractivity contribution in [1.29, 1.82) is 0 Å². The maximum atomic E-state index is 12.0. The number of carbonyl (C=O) groups is 1. The molecule has 22 heavy (non-hydrogen) atoms. The van der Waals surface area contributed by atoms with Gasteiger partial charge in [-0.05, 0) is 18.6 Å². The molecule has 1 unspecified atom stereocenters. The molecule has 2 atom stereocenters. The quantitative estimate of drug-likeness (QED) is 0.523. The third-order valence-corrected chi connectivity index (χ3v) is 4.38. The summed E-state index contributed by atoms with van der Waals surface area (Å²) in [5.74, 6) is 0. The first-order valence-electron chi connectivity index (χ1n) is 6.95. The molecule has 4 N–H and O–H groups in total. The molecule has 8 nitrogen and oxygen atoms in total. The third kappa shape index (κ3) is 5.96. The van der Waals surface area contributed by atoms with Crippen molar-refractivity contribution in [2.75, 3.05) is 6.54 Å². The zero-order chi connectivity index (χ0) is 16.6. The van der Waals surface area contributed by atoms with Crippen molar-refractivity contribution in [3.05, 3.63) is 24.4 Å². The number of aliphatic hydroxyl groups is 1. The second-order valence-electron chi connectivity index (χ2n) is 4.79. The number of hydrogen-bond donors (Lipinski definition) is 4. The monoisotopic (exact) mass is 331 g/mol. The number of pyridine rings is 1. The van der Waals surface area contributed by atoms with E-state index < -0.39 is 28.3 Å². The van der Waals surface area contributed by atoms with E-state index in [9.17, 15) is 18.3 Å². The van der Waals surface area contributed by atoms with Gasteiger partial charge < -0.3 is 15.5 Å². The topological polar surface area (TPSA) is 129 Å². The molecule has 0 aliphatic heterocycles. The molecule has 0 bridgehead atoms. The fraction of sp³-hybridized carbons (Fsp3) is 0.538. The number of aliphatic hydroxyl groups excluding tert-OH is 1. The van der Waals surface area contributed by atoms with Crippen molar-refractivity contribution >= 4 is 16.1 Å². The Kier molecular flexibility index (Phi) is 7.22. The number of carboxylic acid groups (broad SMARTS) is 1. The second kappa shape index (κ2) is 8.66. The van der Waals surface area contributed by atoms with Crippen LogP contribution in [0.3, 0.4) is 0 Å². The molecule has 124 valence electrons. The number of hydrogen-bond acceptors (Lipinski definition) is 5. The lowest BCUT2D eigenvalue weighted by Gasteiger charge is -2.23. The molecule has 1 aromatic rings. The minimum atomic E-state index is -3.83. The van der Waals surface area contributed by atoms with E-state index in [1.165, 1.54) is 18.3 Å². The Labute approximate surface area is 129 Å². The van der Waals surface area contributed by atoms with Crippen LogP contribution in [0.1, 0.15) is 26.2 Å². The Bertz CT molecular complexity index is 564. The van der Waals surface area contributed by atoms with Crippen LogP contribution in [0.15, 0.2) is 29.4 Å². The first-order valence-corrected chi connectivity index (χ1v) is 8.43. The summed E-state index contributed by atoms with van der Waals surface area (Å²) in [7, 11) is -3.83. The summed E-state index contributed by atoms with van der Waals surface area (Å²) >= 11 is 0. The van der Waals surface area contributed by atoms with Crippen LogP contribution >= 0.6 is 0 Å². The maximum Gasteiger partial charge on any atom is 0.404 e. The summed E-state index contributed by atoms with van der Waals surface area (Å²) in [6.45, 7) is 1.64. The number of sulfonamides is 1. The standard InChI is InChI=1S/C13H21N3O5S/c1-2-3-6-10(16-13(18)19)11(17)9-15-22(20,21)12-7-4-5-8-14-12/h4-5,7-8,10-11,15-17H,2-3,6,9H2,1H3,(H,18,19)/t10?,11-/m0/s1. The van der Waals surface area contributed by atoms with Gasteiger partial charge in [0.05, 0.1) is 12.1 Å². The first kappa shape index (κ1) is 18.3. The van der Waals surface area contributed by atoms with E-state index >= 15 is 0 Å². The van der Waals surface area contributed by atoms with Gasteiger partial charge >= 0.3 is 6.09 Å². The van der Waals surface area contributed by atoms with Crippen LogP contribution in [0.25, 0.3) is 0 Å². The van der Waals surface area contributed by atoms with Gasteiger partial charge in [-0.3, -0.25) is 0 Å². The van der Waals surface area contributed by atoms with E-state index in [4.69, 9.17) is 5.11 Å². The Hall–Kier alpha value is -1.71. The van der Waals surface area contributed by atoms with Crippen molar-refractivity contribution in [2.45, 2.75) is 43.4 Å². The van der Waals surface area contributed by atoms with Crippen LogP contribution in [0, 0.1) is 0 Å². The minimum absolute atomic E-state index is 0.154. The van der Waals surface area contributed by atoms with Gasteiger partial charge in [-0.15, -0.1) is 0 Å². The van der Waals surface area contributed by atoms with Crippen LogP contribution in [-0.2, 0) is 10.0 Å². The first-order chi connectivity index (χ1) is 10.4. The van der Waals surface area contributed by atoms with Crippen LogP contribution in [0.5, 0.6) is 0 Å². The number of aromatic nitrogens is 1. The number of nitrogens with one attached hydrogen (secondary N) is 2. The van der Waals surface area contributed by atoms with Gasteiger partial charge in [0.1, 0.15) is 0 Å². The van der Waals surface area contributed by atoms with Gasteiger partial charge in [0, 0.05) is 12.7 Å². The minimum Gasteiger partial charge on any atom is -0.465 e. The molecule has 1 aromatic heterocycles. The normalized spacial score (nSPS) is 14.3. The lowest BCUT2D eigenvalue weighted by molar-refractivity contribution is 0.117. The highest BCUT2D eigenvalue weighted by Crippen LogP contribution is 2.07. The molecule has 0 fully saturated rings. The lowest BCUT2D eigenvalue weighted by Crippen LogP contribution is -2.48. The Morgan fingerprint density at radius 3 is 2.68 bits per heavy atom. The summed E-state index contributed by atoms with van der Waals surface area (Å²) in [5, 5.41) is 20.8. The van der Waals surface area contributed by atoms with Crippen molar-refractivity contribution < 1.29 is 23.4 Å². The van der Waals surface area contributed by atoms with Crippen molar-refractivity contribution in [3.63, 3.8) is 0 Å². The molecule has 0 aliphatic rings. The average Bonchev–Trinajstić information content (AvgIpc) is 2.49. The summed E-state index contributed by atoms with van der Waals surface area (Å²) < 4.78 is 26.2. The molecule has 0 saturated carbocycles. The molecular formula is C13H21N3O5S. The zero-order valence-corrected chi connectivity index (χ0v) is 13.1. The van der Waals surface area contributed by atoms with Gasteiger partial charge in [-0.2, -0.15) is 0 Å². The van der Waals surface area contributed by atoms with E-state index in [0.717, 1.165) is 12.8 Å². The van der Waals surface area contributed by atoms with Crippen LogP contribution in [0.2, 0.25) is 0 Å². The average molecular weight is 331 g/mol. The molecule has 1 heterocycles. The predicted octanol–water partition coefficient (Wildman–Crippen LogP) is 0.547. The Morgan fingerprint density at radius 2 is 2.14 bits per heavy atom. The van der Waals surface area contributed by atoms with Crippen molar-refractivity contribution in [3.8, 4) is 0 Å². The van der Waals surface area contributed by atoms with Gasteiger partial charge in [0.15, 0.2) is 5.03 Å². The molecule has 0 saturated heterocycles. The maximum absolute atomic E-state index is 12.0. The summed E-state index contributed by atoms with van der Waals surface area (Å²) in [4.78, 5) is 14.5. The van der Waals surface area contributed by atoms with Gasteiger partial charge in [0.25, 0.3) is 10.0 Å². The Balaban J connectivity index is 2.65. The van der Waals surface area contributed by atoms with Crippen LogP contribution < -0.4 is 10.0 Å². The highest BCUT2D eigenvalue weighted by molar-refractivity contribution is 7.89. The molecular weight excluding hydrogens is 310 g/mol. The lowest BCUT2D eigenvalue weighted by atomic mass is 10.0. The van der Waals surface area contributed by atoms with Crippen molar-refractivity contribution in [1.82, 2.24) is 15.0 Å². The molecule has 0 radical (unpaired) electrons. The second-order valence-corrected chi connectivity index (χ2v) is 6.50. The molecule has 0 aliphatic carbocycles. The summed E-state index contributed by atoms with van der Waals surface area (Å²) in [6, 6.07) is 3.72. The fourth-order valence-electron chi connectivity index (χ4n) is 1.86. The summed E-state index contributed by atoms with van der Waals surface area (Å²) in [6.07, 6.45) is 0.907. The molecule has 0 spiro atoms. The number of amides is 1. The number of unbranched alkanes of at least 4 members (excludes halogenated alkanes) is 1. The van der Waals surface area contributed by atoms with Gasteiger partial charge in [-0.25, -0.2) is 22.9 Å². The van der Waals surface area contributed by atoms with E-state index in [1.807, 2.05) is 6.92 Å². The zero-order valence-electron chi connectivity index (χ0n) is 12.3. The molecule has 1 amide bonds. The smallest absolute Gasteiger partial charge is 0.404 e. The van der Waals surface area contributed by atoms with Gasteiger partial charge in [-0.1, -0.05) is 25.8 Å². The molecule has 9 heteroatoms. The highest BCUT2D eigenvalue weighted by Gasteiger charge is 2.23. The van der Waals surface area contributed by atoms with Crippen LogP contribution in [0.4, 0.5) is 4.79 Å². The van der Waals surface area contributed by atoms with E-state index in [2.05, 4.69) is 15.0 Å². The van der Waals surface area contributed by atoms with Crippen LogP contribution in [-0.4, -0.2) is 48.4 Å². The fourth-order valence-corrected chi connectivity index (χ4v) is 2.86. The molecule has 0 aromatic carbocycles. The number of nitrogens with zero attached hydrogens (tertiary/aromatic N) is 1. The predicted molar refractivity (Wildman–Crippen MR) is 79.9 cm³/mol. The van der Waals surface area contributed by atoms with E-state index in [-0.39, 0.29) is 11.6 Å². The van der Waals surface area contributed by atoms with E-state index in [1.54, 1.807) is 6.07 Å². The highest BCUT2D eigenvalue weighted by atomic mass is 32.2. The van der Waals surface area contributed by atoms with Gasteiger partial charge in [0.2, 0.25) is 0 Å². The Morgan fingerprint density at radius 1 is 1.41 bits per heavy atom. The molecule has 1 rings (SSSR count). The largest absolute Gasteiger partial charge is 0.465 e. The van der Waals surface area contributed by atoms with Crippen molar-refractivity contribution in [2.24, 2.45) is 0 Å². The van der Waals surface area contributed by atoms with E-state index in [0.29, 0.717) is 6.42 Å². The summed E-state index contributed by atoms with van der Waals surface area (Å²) in [5.41, 5.74) is 0. The third-order valence-electron chi connectivity index (χ3n) is 3.04. The number of rotatable bonds is 9.